The highest BCUT2D eigenvalue weighted by molar-refractivity contribution is 9.10. The molecule has 68 valence electrons. The van der Waals surface area contributed by atoms with Gasteiger partial charge < -0.3 is 5.32 Å². The lowest BCUT2D eigenvalue weighted by atomic mass is 9.92. The van der Waals surface area contributed by atoms with Crippen LogP contribution in [0.1, 0.15) is 24.0 Å². The van der Waals surface area contributed by atoms with E-state index in [1.165, 1.54) is 5.56 Å². The zero-order valence-corrected chi connectivity index (χ0v) is 8.89. The van der Waals surface area contributed by atoms with Crippen LogP contribution >= 0.6 is 15.9 Å². The van der Waals surface area contributed by atoms with Crippen LogP contribution in [0.2, 0.25) is 0 Å². The summed E-state index contributed by atoms with van der Waals surface area (Å²) in [5, 5.41) is 2.85. The van der Waals surface area contributed by atoms with Crippen molar-refractivity contribution in [2.24, 2.45) is 0 Å². The van der Waals surface area contributed by atoms with Crippen LogP contribution in [0.25, 0.3) is 0 Å². The summed E-state index contributed by atoms with van der Waals surface area (Å²) in [5.41, 5.74) is 2.36. The topological polar surface area (TPSA) is 29.1 Å². The van der Waals surface area contributed by atoms with Gasteiger partial charge in [-0.3, -0.25) is 4.79 Å². The van der Waals surface area contributed by atoms with Crippen LogP contribution in [-0.4, -0.2) is 5.91 Å². The summed E-state index contributed by atoms with van der Waals surface area (Å²) in [6.07, 6.45) is 0. The molecule has 1 heterocycles. The van der Waals surface area contributed by atoms with Gasteiger partial charge in [0.15, 0.2) is 0 Å². The van der Waals surface area contributed by atoms with Crippen LogP contribution in [-0.2, 0) is 11.3 Å². The zero-order chi connectivity index (χ0) is 9.42. The number of carbonyl (C=O) groups excluding carboxylic acids is 1. The summed E-state index contributed by atoms with van der Waals surface area (Å²) in [7, 11) is 0. The summed E-state index contributed by atoms with van der Waals surface area (Å²) in [5.74, 6) is 0.0897. The molecule has 3 heteroatoms. The molecular weight excluding hydrogens is 230 g/mol. The summed E-state index contributed by atoms with van der Waals surface area (Å²) in [6.45, 7) is 2.59. The molecule has 0 fully saturated rings. The Morgan fingerprint density at radius 3 is 3.08 bits per heavy atom. The van der Waals surface area contributed by atoms with Gasteiger partial charge in [0, 0.05) is 11.0 Å². The Bertz CT molecular complexity index is 362. The number of nitrogens with one attached hydrogen (secondary N) is 1. The maximum atomic E-state index is 11.3. The molecule has 1 N–H and O–H groups in total. The minimum absolute atomic E-state index is 0.0266. The van der Waals surface area contributed by atoms with E-state index in [4.69, 9.17) is 0 Å². The van der Waals surface area contributed by atoms with Gasteiger partial charge >= 0.3 is 0 Å². The van der Waals surface area contributed by atoms with Crippen molar-refractivity contribution >= 4 is 21.8 Å². The van der Waals surface area contributed by atoms with E-state index in [2.05, 4.69) is 27.3 Å². The van der Waals surface area contributed by atoms with Gasteiger partial charge in [0.05, 0.1) is 5.92 Å². The molecular formula is C10H10BrNO. The number of hydrogen-bond donors (Lipinski definition) is 1. The van der Waals surface area contributed by atoms with E-state index in [1.807, 2.05) is 19.1 Å². The fourth-order valence-electron chi connectivity index (χ4n) is 1.61. The average molecular weight is 240 g/mol. The molecule has 1 aliphatic rings. The fraction of sp³-hybridized carbons (Fsp3) is 0.300. The molecule has 0 spiro atoms. The Morgan fingerprint density at radius 2 is 2.31 bits per heavy atom. The molecule has 13 heavy (non-hydrogen) atoms. The standard InChI is InChI=1S/C10H10BrNO/c1-6-9-4-8(11)3-2-7(9)5-12-10(6)13/h2-4,6H,5H2,1H3,(H,12,13)/t6-/m0/s1. The second-order valence-electron chi connectivity index (χ2n) is 3.28. The lowest BCUT2D eigenvalue weighted by Crippen LogP contribution is -2.33. The number of carbonyl (C=O) groups is 1. The smallest absolute Gasteiger partial charge is 0.227 e. The minimum atomic E-state index is -0.0266. The maximum absolute atomic E-state index is 11.3. The highest BCUT2D eigenvalue weighted by Gasteiger charge is 2.22. The van der Waals surface area contributed by atoms with Crippen LogP contribution in [0.4, 0.5) is 0 Å². The lowest BCUT2D eigenvalue weighted by molar-refractivity contribution is -0.122. The number of amides is 1. The van der Waals surface area contributed by atoms with Gasteiger partial charge in [-0.05, 0) is 30.2 Å². The predicted octanol–water partition coefficient (Wildman–Crippen LogP) is 2.18. The monoisotopic (exact) mass is 239 g/mol. The van der Waals surface area contributed by atoms with E-state index in [0.717, 1.165) is 10.0 Å². The number of rotatable bonds is 0. The van der Waals surface area contributed by atoms with Crippen molar-refractivity contribution in [3.8, 4) is 0 Å². The Balaban J connectivity index is 2.51. The molecule has 0 saturated carbocycles. The Kier molecular flexibility index (Phi) is 2.12. The van der Waals surface area contributed by atoms with Crippen LogP contribution in [0.15, 0.2) is 22.7 Å². The molecule has 0 aromatic heterocycles. The summed E-state index contributed by atoms with van der Waals surface area (Å²) in [6, 6.07) is 6.08. The second kappa shape index (κ2) is 3.14. The van der Waals surface area contributed by atoms with Crippen molar-refractivity contribution in [2.75, 3.05) is 0 Å². The molecule has 1 aromatic carbocycles. The molecule has 1 atom stereocenters. The summed E-state index contributed by atoms with van der Waals surface area (Å²) < 4.78 is 1.04. The minimum Gasteiger partial charge on any atom is -0.351 e. The third kappa shape index (κ3) is 1.48. The van der Waals surface area contributed by atoms with Gasteiger partial charge in [0.25, 0.3) is 0 Å². The first-order valence-corrected chi connectivity index (χ1v) is 5.04. The SMILES string of the molecule is C[C@@H]1C(=O)NCc2ccc(Br)cc21. The quantitative estimate of drug-likeness (QED) is 0.739. The van der Waals surface area contributed by atoms with Gasteiger partial charge in [-0.25, -0.2) is 0 Å². The lowest BCUT2D eigenvalue weighted by Gasteiger charge is -2.22. The van der Waals surface area contributed by atoms with Crippen molar-refractivity contribution in [3.63, 3.8) is 0 Å². The number of benzene rings is 1. The Morgan fingerprint density at radius 1 is 1.54 bits per heavy atom. The highest BCUT2D eigenvalue weighted by Crippen LogP contribution is 2.27. The molecule has 2 nitrogen and oxygen atoms in total. The number of fused-ring (bicyclic) bond motifs is 1. The van der Waals surface area contributed by atoms with E-state index in [9.17, 15) is 4.79 Å². The van der Waals surface area contributed by atoms with Crippen molar-refractivity contribution in [3.05, 3.63) is 33.8 Å². The van der Waals surface area contributed by atoms with Gasteiger partial charge in [0.1, 0.15) is 0 Å². The maximum Gasteiger partial charge on any atom is 0.227 e. The number of hydrogen-bond acceptors (Lipinski definition) is 1. The molecule has 0 radical (unpaired) electrons. The van der Waals surface area contributed by atoms with E-state index < -0.39 is 0 Å². The van der Waals surface area contributed by atoms with Gasteiger partial charge in [0.2, 0.25) is 5.91 Å². The van der Waals surface area contributed by atoms with Crippen LogP contribution in [0, 0.1) is 0 Å². The van der Waals surface area contributed by atoms with Crippen LogP contribution < -0.4 is 5.32 Å². The molecule has 0 bridgehead atoms. The molecule has 1 amide bonds. The van der Waals surface area contributed by atoms with E-state index in [-0.39, 0.29) is 11.8 Å². The van der Waals surface area contributed by atoms with Crippen molar-refractivity contribution < 1.29 is 4.79 Å². The normalized spacial score (nSPS) is 20.8. The molecule has 2 rings (SSSR count). The molecule has 0 aliphatic carbocycles. The number of halogens is 1. The first-order chi connectivity index (χ1) is 6.18. The van der Waals surface area contributed by atoms with Gasteiger partial charge in [-0.1, -0.05) is 22.0 Å². The van der Waals surface area contributed by atoms with Crippen molar-refractivity contribution in [2.45, 2.75) is 19.4 Å². The molecule has 1 aliphatic heterocycles. The second-order valence-corrected chi connectivity index (χ2v) is 4.20. The molecule has 0 saturated heterocycles. The molecule has 1 aromatic rings. The summed E-state index contributed by atoms with van der Waals surface area (Å²) in [4.78, 5) is 11.3. The van der Waals surface area contributed by atoms with Crippen LogP contribution in [0.3, 0.4) is 0 Å². The fourth-order valence-corrected chi connectivity index (χ4v) is 1.99. The Hall–Kier alpha value is -0.830. The molecule has 0 unspecified atom stereocenters. The summed E-state index contributed by atoms with van der Waals surface area (Å²) >= 11 is 3.41. The average Bonchev–Trinajstić information content (AvgIpc) is 2.12. The van der Waals surface area contributed by atoms with Crippen molar-refractivity contribution in [1.82, 2.24) is 5.32 Å². The van der Waals surface area contributed by atoms with Gasteiger partial charge in [-0.2, -0.15) is 0 Å². The highest BCUT2D eigenvalue weighted by atomic mass is 79.9. The first-order valence-electron chi connectivity index (χ1n) is 4.24. The first kappa shape index (κ1) is 8.75. The van der Waals surface area contributed by atoms with Gasteiger partial charge in [-0.15, -0.1) is 0 Å². The van der Waals surface area contributed by atoms with E-state index in [0.29, 0.717) is 6.54 Å². The zero-order valence-electron chi connectivity index (χ0n) is 7.30. The third-order valence-electron chi connectivity index (χ3n) is 2.42. The Labute approximate surface area is 85.5 Å². The van der Waals surface area contributed by atoms with Crippen LogP contribution in [0.5, 0.6) is 0 Å². The van der Waals surface area contributed by atoms with E-state index in [1.54, 1.807) is 0 Å². The largest absolute Gasteiger partial charge is 0.351 e. The third-order valence-corrected chi connectivity index (χ3v) is 2.91. The van der Waals surface area contributed by atoms with Crippen molar-refractivity contribution in [1.29, 1.82) is 0 Å². The predicted molar refractivity (Wildman–Crippen MR) is 54.4 cm³/mol. The van der Waals surface area contributed by atoms with E-state index >= 15 is 0 Å².